The van der Waals surface area contributed by atoms with Crippen LogP contribution in [0.25, 0.3) is 22.0 Å². The molecule has 0 radical (unpaired) electrons. The number of carbonyl (C=O) groups excluding carboxylic acids is 1. The van der Waals surface area contributed by atoms with E-state index in [1.807, 2.05) is 53.3 Å². The summed E-state index contributed by atoms with van der Waals surface area (Å²) >= 11 is 13.9. The van der Waals surface area contributed by atoms with Crippen LogP contribution in [-0.2, 0) is 17.8 Å². The third-order valence-electron chi connectivity index (χ3n) is 9.06. The predicted molar refractivity (Wildman–Crippen MR) is 193 cm³/mol. The van der Waals surface area contributed by atoms with E-state index in [0.717, 1.165) is 67.6 Å². The Morgan fingerprint density at radius 3 is 2.59 bits per heavy atom. The summed E-state index contributed by atoms with van der Waals surface area (Å²) in [6, 6.07) is 17.1. The van der Waals surface area contributed by atoms with Gasteiger partial charge in [0.25, 0.3) is 5.91 Å². The minimum atomic E-state index is -0.339. The highest BCUT2D eigenvalue weighted by atomic mass is 35.5. The molecule has 2 atom stereocenters. The number of amides is 1. The standard InChI is InChI=1S/C36H38Cl2N8O3/c1-49-16-13-39-27-9-4-14-46-31(27)18-30(44-46)36(48)43-29-8-3-6-26(33(29)38)25-5-2-7-28(32(25)37)42-35-34-23(10-12-40-35)17-22(19-41-34)20-45-15-11-24(47)21-45/h2-3,5-8,10,12,17-19,24,27,39,47H,4,9,11,13-16,20-21H2,1H3,(H,40,42)(H,43,48)/t24-,27?/m1/s1. The molecule has 1 saturated heterocycles. The molecule has 2 aromatic carbocycles. The lowest BCUT2D eigenvalue weighted by molar-refractivity contribution is 0.102. The summed E-state index contributed by atoms with van der Waals surface area (Å²) in [6.45, 7) is 4.38. The predicted octanol–water partition coefficient (Wildman–Crippen LogP) is 6.43. The van der Waals surface area contributed by atoms with Gasteiger partial charge in [-0.3, -0.25) is 19.4 Å². The van der Waals surface area contributed by atoms with Crippen LogP contribution in [0.2, 0.25) is 10.0 Å². The summed E-state index contributed by atoms with van der Waals surface area (Å²) in [6.07, 6.45) is 6.07. The molecule has 5 heterocycles. The lowest BCUT2D eigenvalue weighted by atomic mass is 10.0. The first kappa shape index (κ1) is 33.4. The molecular formula is C36H38Cl2N8O3. The third-order valence-corrected chi connectivity index (χ3v) is 9.87. The van der Waals surface area contributed by atoms with Crippen molar-refractivity contribution in [3.8, 4) is 11.1 Å². The Morgan fingerprint density at radius 1 is 1.02 bits per heavy atom. The molecule has 1 amide bonds. The van der Waals surface area contributed by atoms with Gasteiger partial charge < -0.3 is 25.8 Å². The van der Waals surface area contributed by atoms with E-state index in [2.05, 4.69) is 37.0 Å². The van der Waals surface area contributed by atoms with Crippen molar-refractivity contribution >= 4 is 57.2 Å². The van der Waals surface area contributed by atoms with E-state index in [1.54, 1.807) is 19.4 Å². The number of nitrogens with zero attached hydrogens (tertiary/aromatic N) is 5. The summed E-state index contributed by atoms with van der Waals surface area (Å²) < 4.78 is 7.08. The molecule has 4 N–H and O–H groups in total. The Balaban J connectivity index is 1.09. The molecule has 0 aliphatic carbocycles. The minimum Gasteiger partial charge on any atom is -0.392 e. The normalized spacial score (nSPS) is 17.7. The zero-order valence-corrected chi connectivity index (χ0v) is 28.6. The summed E-state index contributed by atoms with van der Waals surface area (Å²) in [4.78, 5) is 24.9. The van der Waals surface area contributed by atoms with Crippen molar-refractivity contribution in [3.63, 3.8) is 0 Å². The molecule has 254 valence electrons. The number of benzene rings is 2. The second-order valence-corrected chi connectivity index (χ2v) is 13.2. The van der Waals surface area contributed by atoms with Crippen molar-refractivity contribution in [1.29, 1.82) is 0 Å². The number of nitrogens with one attached hydrogen (secondary N) is 3. The summed E-state index contributed by atoms with van der Waals surface area (Å²) in [5, 5.41) is 26.1. The van der Waals surface area contributed by atoms with Crippen molar-refractivity contribution in [2.24, 2.45) is 0 Å². The number of methoxy groups -OCH3 is 1. The van der Waals surface area contributed by atoms with E-state index in [0.29, 0.717) is 57.2 Å². The second kappa shape index (κ2) is 14.8. The first-order valence-electron chi connectivity index (χ1n) is 16.5. The largest absolute Gasteiger partial charge is 0.392 e. The number of aromatic nitrogens is 4. The number of aliphatic hydroxyl groups is 1. The third kappa shape index (κ3) is 7.28. The Labute approximate surface area is 294 Å². The molecule has 49 heavy (non-hydrogen) atoms. The van der Waals surface area contributed by atoms with Crippen molar-refractivity contribution < 1.29 is 14.6 Å². The lowest BCUT2D eigenvalue weighted by Crippen LogP contribution is -2.30. The van der Waals surface area contributed by atoms with Crippen molar-refractivity contribution in [2.75, 3.05) is 44.0 Å². The van der Waals surface area contributed by atoms with E-state index >= 15 is 0 Å². The van der Waals surface area contributed by atoms with Crippen LogP contribution in [0.1, 0.15) is 47.1 Å². The number of pyridine rings is 2. The van der Waals surface area contributed by atoms with Gasteiger partial charge in [0, 0.05) is 74.8 Å². The Kier molecular flexibility index (Phi) is 10.1. The van der Waals surface area contributed by atoms with Gasteiger partial charge in [0.15, 0.2) is 11.5 Å². The van der Waals surface area contributed by atoms with Crippen LogP contribution in [0.3, 0.4) is 0 Å². The van der Waals surface area contributed by atoms with Gasteiger partial charge >= 0.3 is 0 Å². The topological polar surface area (TPSA) is 129 Å². The number of carbonyl (C=O) groups is 1. The summed E-state index contributed by atoms with van der Waals surface area (Å²) in [5.74, 6) is 0.236. The molecule has 2 aliphatic rings. The van der Waals surface area contributed by atoms with Gasteiger partial charge in [-0.15, -0.1) is 0 Å². The molecule has 7 rings (SSSR count). The Morgan fingerprint density at radius 2 is 1.82 bits per heavy atom. The van der Waals surface area contributed by atoms with Crippen LogP contribution < -0.4 is 16.0 Å². The van der Waals surface area contributed by atoms with Gasteiger partial charge in [0.05, 0.1) is 39.8 Å². The molecule has 0 bridgehead atoms. The van der Waals surface area contributed by atoms with Crippen LogP contribution in [0, 0.1) is 0 Å². The summed E-state index contributed by atoms with van der Waals surface area (Å²) in [7, 11) is 1.68. The molecule has 5 aromatic rings. The maximum atomic E-state index is 13.4. The fourth-order valence-corrected chi connectivity index (χ4v) is 7.17. The number of anilines is 3. The van der Waals surface area contributed by atoms with Crippen LogP contribution in [-0.4, -0.2) is 75.1 Å². The zero-order valence-electron chi connectivity index (χ0n) is 27.1. The van der Waals surface area contributed by atoms with Crippen LogP contribution in [0.4, 0.5) is 17.2 Å². The number of rotatable bonds is 11. The van der Waals surface area contributed by atoms with Gasteiger partial charge in [-0.2, -0.15) is 5.10 Å². The van der Waals surface area contributed by atoms with Crippen molar-refractivity contribution in [2.45, 2.75) is 44.5 Å². The number of aryl methyl sites for hydroxylation is 1. The van der Waals surface area contributed by atoms with E-state index < -0.39 is 0 Å². The molecule has 2 aliphatic heterocycles. The fraction of sp³-hybridized carbons (Fsp3) is 0.333. The molecule has 1 unspecified atom stereocenters. The lowest BCUT2D eigenvalue weighted by Gasteiger charge is -2.24. The maximum absolute atomic E-state index is 13.4. The van der Waals surface area contributed by atoms with Crippen LogP contribution >= 0.6 is 23.2 Å². The average Bonchev–Trinajstić information content (AvgIpc) is 3.73. The number of β-amino-alcohol motifs (C(OH)–C–C–N with tert-alkyl or cyclic N) is 1. The number of hydrogen-bond donors (Lipinski definition) is 4. The van der Waals surface area contributed by atoms with Crippen molar-refractivity contribution in [3.05, 3.63) is 94.0 Å². The fourth-order valence-electron chi connectivity index (χ4n) is 6.62. The van der Waals surface area contributed by atoms with Crippen LogP contribution in [0.15, 0.2) is 67.0 Å². The molecule has 0 spiro atoms. The SMILES string of the molecule is COCCNC1CCCn2nc(C(=O)Nc3cccc(-c4cccc(Nc5nccc6cc(CN7CC[C@@H](O)C7)cnc56)c4Cl)c3Cl)cc21. The Bertz CT molecular complexity index is 1990. The maximum Gasteiger partial charge on any atom is 0.276 e. The van der Waals surface area contributed by atoms with Crippen LogP contribution in [0.5, 0.6) is 0 Å². The molecule has 0 saturated carbocycles. The van der Waals surface area contributed by atoms with E-state index in [1.165, 1.54) is 0 Å². The number of likely N-dealkylation sites (tertiary alicyclic amines) is 1. The molecule has 11 nitrogen and oxygen atoms in total. The van der Waals surface area contributed by atoms with Gasteiger partial charge in [-0.25, -0.2) is 4.98 Å². The summed E-state index contributed by atoms with van der Waals surface area (Å²) in [5.41, 5.74) is 5.57. The number of ether oxygens (including phenoxy) is 1. The monoisotopic (exact) mass is 700 g/mol. The highest BCUT2D eigenvalue weighted by molar-refractivity contribution is 6.39. The van der Waals surface area contributed by atoms with E-state index in [-0.39, 0.29) is 18.1 Å². The zero-order chi connectivity index (χ0) is 33.9. The Hall–Kier alpha value is -4.10. The number of aliphatic hydroxyl groups excluding tert-OH is 1. The molecule has 3 aromatic heterocycles. The van der Waals surface area contributed by atoms with Crippen molar-refractivity contribution in [1.82, 2.24) is 30.0 Å². The van der Waals surface area contributed by atoms with Gasteiger partial charge in [-0.05, 0) is 55.2 Å². The molecule has 1 fully saturated rings. The number of hydrogen-bond acceptors (Lipinski definition) is 9. The highest BCUT2D eigenvalue weighted by Gasteiger charge is 2.25. The minimum absolute atomic E-state index is 0.112. The second-order valence-electron chi connectivity index (χ2n) is 12.5. The van der Waals surface area contributed by atoms with E-state index in [4.69, 9.17) is 32.9 Å². The number of fused-ring (bicyclic) bond motifs is 2. The highest BCUT2D eigenvalue weighted by Crippen LogP contribution is 2.41. The number of halogens is 2. The quantitative estimate of drug-likeness (QED) is 0.115. The molecular weight excluding hydrogens is 663 g/mol. The first-order chi connectivity index (χ1) is 23.9. The van der Waals surface area contributed by atoms with Gasteiger partial charge in [0.1, 0.15) is 5.52 Å². The smallest absolute Gasteiger partial charge is 0.276 e. The molecule has 13 heteroatoms. The van der Waals surface area contributed by atoms with Gasteiger partial charge in [-0.1, -0.05) is 47.5 Å². The van der Waals surface area contributed by atoms with Gasteiger partial charge in [0.2, 0.25) is 0 Å². The average molecular weight is 702 g/mol. The van der Waals surface area contributed by atoms with E-state index in [9.17, 15) is 9.90 Å². The first-order valence-corrected chi connectivity index (χ1v) is 17.2.